The number of carbonyl (C=O) groups is 2. The van der Waals surface area contributed by atoms with E-state index in [1.807, 2.05) is 18.2 Å². The fourth-order valence-electron chi connectivity index (χ4n) is 4.11. The Balaban J connectivity index is 1.80. The number of hydrogen-bond donors (Lipinski definition) is 3. The molecule has 1 aromatic rings. The number of rotatable bonds is 13. The fourth-order valence-corrected chi connectivity index (χ4v) is 5.81. The molecule has 3 unspecified atom stereocenters. The molecule has 1 saturated carbocycles. The van der Waals surface area contributed by atoms with Crippen LogP contribution in [0.15, 0.2) is 24.3 Å². The fraction of sp³-hybridized carbons (Fsp3) is 0.636. The summed E-state index contributed by atoms with van der Waals surface area (Å²) in [5.41, 5.74) is 0.973. The van der Waals surface area contributed by atoms with E-state index in [0.717, 1.165) is 37.5 Å². The maximum absolute atomic E-state index is 11.5. The molecular weight excluding hydrogens is 412 g/mol. The molecule has 0 heterocycles. The van der Waals surface area contributed by atoms with Gasteiger partial charge in [-0.05, 0) is 49.3 Å². The maximum Gasteiger partial charge on any atom is 0.303 e. The van der Waals surface area contributed by atoms with Gasteiger partial charge in [0.25, 0.3) is 0 Å². The van der Waals surface area contributed by atoms with Crippen molar-refractivity contribution in [3.63, 3.8) is 0 Å². The molecule has 5 atom stereocenters. The van der Waals surface area contributed by atoms with Crippen molar-refractivity contribution in [3.05, 3.63) is 34.9 Å². The molecule has 7 heteroatoms. The molecule has 1 aliphatic carbocycles. The van der Waals surface area contributed by atoms with Gasteiger partial charge in [0.05, 0.1) is 12.2 Å². The van der Waals surface area contributed by atoms with Crippen molar-refractivity contribution in [1.82, 2.24) is 0 Å². The molecule has 1 aromatic carbocycles. The Bertz CT molecular complexity index is 656. The van der Waals surface area contributed by atoms with Gasteiger partial charge in [0.15, 0.2) is 0 Å². The van der Waals surface area contributed by atoms with Gasteiger partial charge in [-0.15, -0.1) is 0 Å². The molecule has 0 radical (unpaired) electrons. The van der Waals surface area contributed by atoms with Crippen LogP contribution in [0, 0.1) is 11.8 Å². The van der Waals surface area contributed by atoms with Crippen molar-refractivity contribution >= 4 is 35.6 Å². The average molecular weight is 443 g/mol. The minimum absolute atomic E-state index is 0.0572. The monoisotopic (exact) mass is 442 g/mol. The topological polar surface area (TPSA) is 94.8 Å². The molecular formula is C22H31ClO5S. The van der Waals surface area contributed by atoms with Crippen LogP contribution in [0.1, 0.15) is 50.5 Å². The van der Waals surface area contributed by atoms with E-state index in [-0.39, 0.29) is 23.5 Å². The van der Waals surface area contributed by atoms with Crippen LogP contribution < -0.4 is 0 Å². The zero-order valence-corrected chi connectivity index (χ0v) is 18.2. The Morgan fingerprint density at radius 2 is 2.03 bits per heavy atom. The zero-order chi connectivity index (χ0) is 21.2. The summed E-state index contributed by atoms with van der Waals surface area (Å²) < 4.78 is 0. The van der Waals surface area contributed by atoms with Crippen molar-refractivity contribution in [2.24, 2.45) is 11.8 Å². The molecule has 1 fully saturated rings. The molecule has 2 rings (SSSR count). The second kappa shape index (κ2) is 12.6. The van der Waals surface area contributed by atoms with Gasteiger partial charge in [0.1, 0.15) is 6.29 Å². The minimum Gasteiger partial charge on any atom is -0.481 e. The second-order valence-corrected chi connectivity index (χ2v) is 9.55. The molecule has 0 aromatic heterocycles. The highest BCUT2D eigenvalue weighted by Crippen LogP contribution is 2.42. The van der Waals surface area contributed by atoms with E-state index < -0.39 is 18.2 Å². The van der Waals surface area contributed by atoms with Gasteiger partial charge in [-0.2, -0.15) is 11.8 Å². The van der Waals surface area contributed by atoms with E-state index in [4.69, 9.17) is 16.7 Å². The lowest BCUT2D eigenvalue weighted by Gasteiger charge is -2.24. The number of aliphatic hydroxyl groups is 2. The molecule has 5 nitrogen and oxygen atoms in total. The van der Waals surface area contributed by atoms with E-state index in [9.17, 15) is 19.8 Å². The third-order valence-corrected chi connectivity index (χ3v) is 7.42. The summed E-state index contributed by atoms with van der Waals surface area (Å²) >= 11 is 7.55. The number of hydrogen-bond acceptors (Lipinski definition) is 5. The normalized spacial score (nSPS) is 25.1. The maximum atomic E-state index is 11.5. The number of unbranched alkanes of at least 4 members (excludes halogenated alkanes) is 3. The van der Waals surface area contributed by atoms with Crippen molar-refractivity contribution in [3.8, 4) is 0 Å². The second-order valence-electron chi connectivity index (χ2n) is 7.90. The Hall–Kier alpha value is -1.08. The molecule has 0 bridgehead atoms. The third-order valence-electron chi connectivity index (χ3n) is 5.56. The molecule has 3 N–H and O–H groups in total. The van der Waals surface area contributed by atoms with Gasteiger partial charge in [-0.25, -0.2) is 0 Å². The lowest BCUT2D eigenvalue weighted by Crippen LogP contribution is -2.26. The lowest BCUT2D eigenvalue weighted by atomic mass is 9.91. The molecule has 1 aliphatic rings. The third kappa shape index (κ3) is 8.28. The summed E-state index contributed by atoms with van der Waals surface area (Å²) in [7, 11) is 0. The van der Waals surface area contributed by atoms with Gasteiger partial charge < -0.3 is 20.1 Å². The van der Waals surface area contributed by atoms with Crippen LogP contribution in [0.5, 0.6) is 0 Å². The van der Waals surface area contributed by atoms with Gasteiger partial charge in [-0.1, -0.05) is 43.0 Å². The summed E-state index contributed by atoms with van der Waals surface area (Å²) in [5.74, 6) is -0.316. The van der Waals surface area contributed by atoms with Gasteiger partial charge in [0.2, 0.25) is 0 Å². The van der Waals surface area contributed by atoms with Crippen LogP contribution >= 0.6 is 23.4 Å². The number of benzene rings is 1. The predicted octanol–water partition coefficient (Wildman–Crippen LogP) is 3.97. The van der Waals surface area contributed by atoms with E-state index in [1.165, 1.54) is 0 Å². The van der Waals surface area contributed by atoms with Crippen molar-refractivity contribution in [1.29, 1.82) is 0 Å². The lowest BCUT2D eigenvalue weighted by molar-refractivity contribution is -0.137. The summed E-state index contributed by atoms with van der Waals surface area (Å²) in [6, 6.07) is 7.43. The van der Waals surface area contributed by atoms with Crippen LogP contribution in [0.25, 0.3) is 0 Å². The molecule has 0 saturated heterocycles. The van der Waals surface area contributed by atoms with Crippen LogP contribution in [0.2, 0.25) is 5.02 Å². The first kappa shape index (κ1) is 24.2. The summed E-state index contributed by atoms with van der Waals surface area (Å²) in [4.78, 5) is 22.0. The Kier molecular flexibility index (Phi) is 10.5. The molecule has 162 valence electrons. The minimum atomic E-state index is -0.766. The molecule has 0 spiro atoms. The van der Waals surface area contributed by atoms with Crippen molar-refractivity contribution < 1.29 is 24.9 Å². The average Bonchev–Trinajstić information content (AvgIpc) is 2.97. The quantitative estimate of drug-likeness (QED) is 0.316. The first-order valence-corrected chi connectivity index (χ1v) is 11.7. The summed E-state index contributed by atoms with van der Waals surface area (Å²) in [6.45, 7) is 0. The number of aliphatic carboxylic acids is 1. The van der Waals surface area contributed by atoms with Crippen molar-refractivity contribution in [2.75, 3.05) is 5.75 Å². The highest BCUT2D eigenvalue weighted by atomic mass is 35.5. The van der Waals surface area contributed by atoms with Crippen molar-refractivity contribution in [2.45, 2.75) is 68.8 Å². The number of carboxylic acids is 1. The highest BCUT2D eigenvalue weighted by molar-refractivity contribution is 8.00. The van der Waals surface area contributed by atoms with Gasteiger partial charge >= 0.3 is 5.97 Å². The van der Waals surface area contributed by atoms with Gasteiger partial charge in [0, 0.05) is 28.4 Å². The number of aliphatic hydroxyl groups excluding tert-OH is 2. The SMILES string of the molecule is O=CC1CC(O)[C@H](SCC(O)Cc2cccc(Cl)c2)[C@H]1CCCCCCC(=O)O. The first-order chi connectivity index (χ1) is 13.9. The Morgan fingerprint density at radius 1 is 1.28 bits per heavy atom. The van der Waals surface area contributed by atoms with Crippen LogP contribution in [0.4, 0.5) is 0 Å². The smallest absolute Gasteiger partial charge is 0.303 e. The molecule has 0 amide bonds. The first-order valence-electron chi connectivity index (χ1n) is 10.3. The number of aldehydes is 1. The standard InChI is InChI=1S/C22H31ClO5S/c23-17-7-5-6-15(10-17)11-18(25)14-29-22-19(16(13-24)12-20(22)26)8-3-1-2-4-9-21(27)28/h5-7,10,13,16,18-20,22,25-26H,1-4,8-9,11-12,14H2,(H,27,28)/t16?,18?,19-,20?,22+/m0/s1. The largest absolute Gasteiger partial charge is 0.481 e. The Labute approximate surface area is 181 Å². The van der Waals surface area contributed by atoms with E-state index >= 15 is 0 Å². The summed E-state index contributed by atoms with van der Waals surface area (Å²) in [5, 5.41) is 30.1. The zero-order valence-electron chi connectivity index (χ0n) is 16.6. The summed E-state index contributed by atoms with van der Waals surface area (Å²) in [6.07, 6.45) is 5.29. The van der Waals surface area contributed by atoms with E-state index in [2.05, 4.69) is 0 Å². The van der Waals surface area contributed by atoms with Crippen LogP contribution in [-0.2, 0) is 16.0 Å². The van der Waals surface area contributed by atoms with Crippen LogP contribution in [0.3, 0.4) is 0 Å². The van der Waals surface area contributed by atoms with E-state index in [1.54, 1.807) is 17.8 Å². The molecule has 29 heavy (non-hydrogen) atoms. The van der Waals surface area contributed by atoms with Crippen LogP contribution in [-0.4, -0.2) is 50.8 Å². The Morgan fingerprint density at radius 3 is 2.72 bits per heavy atom. The predicted molar refractivity (Wildman–Crippen MR) is 116 cm³/mol. The number of carbonyl (C=O) groups excluding carboxylic acids is 1. The number of halogens is 1. The van der Waals surface area contributed by atoms with Gasteiger partial charge in [-0.3, -0.25) is 4.79 Å². The number of carboxylic acid groups (broad SMARTS) is 1. The highest BCUT2D eigenvalue weighted by Gasteiger charge is 2.42. The van der Waals surface area contributed by atoms with E-state index in [0.29, 0.717) is 30.0 Å². The molecule has 0 aliphatic heterocycles. The number of thioether (sulfide) groups is 1.